The number of nitrogen functional groups attached to an aromatic ring is 1. The molecule has 0 unspecified atom stereocenters. The number of aryl methyl sites for hydroxylation is 1. The van der Waals surface area contributed by atoms with Crippen molar-refractivity contribution in [2.75, 3.05) is 10.5 Å². The number of nitrogens with two attached hydrogens (primary N) is 1. The number of benzene rings is 1. The Morgan fingerprint density at radius 3 is 2.74 bits per heavy atom. The fraction of sp³-hybridized carbons (Fsp3) is 0.100. The SMILES string of the molecule is Cc1csc(NS(=O)(=O)c2cc(N)cc(Cl)c2F)n1. The van der Waals surface area contributed by atoms with E-state index in [0.717, 1.165) is 23.5 Å². The fourth-order valence-corrected chi connectivity index (χ4v) is 3.71. The van der Waals surface area contributed by atoms with Crippen LogP contribution in [0.15, 0.2) is 22.4 Å². The van der Waals surface area contributed by atoms with E-state index in [1.54, 1.807) is 12.3 Å². The van der Waals surface area contributed by atoms with Crippen molar-refractivity contribution in [1.82, 2.24) is 4.98 Å². The smallest absolute Gasteiger partial charge is 0.266 e. The van der Waals surface area contributed by atoms with Gasteiger partial charge in [0.2, 0.25) is 0 Å². The normalized spacial score (nSPS) is 11.5. The molecule has 0 fully saturated rings. The molecule has 0 radical (unpaired) electrons. The lowest BCUT2D eigenvalue weighted by molar-refractivity contribution is 0.571. The van der Waals surface area contributed by atoms with Gasteiger partial charge in [-0.15, -0.1) is 11.3 Å². The van der Waals surface area contributed by atoms with Crippen molar-refractivity contribution in [3.05, 3.63) is 34.0 Å². The van der Waals surface area contributed by atoms with Gasteiger partial charge >= 0.3 is 0 Å². The van der Waals surface area contributed by atoms with Gasteiger partial charge in [-0.05, 0) is 19.1 Å². The van der Waals surface area contributed by atoms with Gasteiger partial charge in [-0.2, -0.15) is 0 Å². The summed E-state index contributed by atoms with van der Waals surface area (Å²) < 4.78 is 40.0. The van der Waals surface area contributed by atoms with Crippen molar-refractivity contribution in [2.24, 2.45) is 0 Å². The Bertz CT molecular complexity index is 730. The van der Waals surface area contributed by atoms with Crippen molar-refractivity contribution >= 4 is 43.8 Å². The first-order chi connectivity index (χ1) is 8.79. The van der Waals surface area contributed by atoms with Crippen LogP contribution in [0.5, 0.6) is 0 Å². The average molecular weight is 322 g/mol. The highest BCUT2D eigenvalue weighted by molar-refractivity contribution is 7.93. The molecule has 102 valence electrons. The molecule has 1 aromatic heterocycles. The summed E-state index contributed by atoms with van der Waals surface area (Å²) in [6.07, 6.45) is 0. The molecule has 9 heteroatoms. The molecule has 2 aromatic rings. The maximum absolute atomic E-state index is 13.8. The second kappa shape index (κ2) is 4.95. The Balaban J connectivity index is 2.45. The Hall–Kier alpha value is -1.38. The molecule has 1 heterocycles. The second-order valence-electron chi connectivity index (χ2n) is 3.71. The standard InChI is InChI=1S/C10H9ClFN3O2S2/c1-5-4-18-10(14-5)15-19(16,17)8-3-6(13)2-7(11)9(8)12/h2-4H,13H2,1H3,(H,14,15). The molecule has 1 aromatic carbocycles. The van der Waals surface area contributed by atoms with Crippen LogP contribution in [0, 0.1) is 12.7 Å². The molecule has 3 N–H and O–H groups in total. The number of nitrogens with one attached hydrogen (secondary N) is 1. The van der Waals surface area contributed by atoms with E-state index in [2.05, 4.69) is 9.71 Å². The molecule has 0 saturated carbocycles. The van der Waals surface area contributed by atoms with E-state index in [9.17, 15) is 12.8 Å². The number of halogens is 2. The van der Waals surface area contributed by atoms with Crippen LogP contribution < -0.4 is 10.5 Å². The first-order valence-electron chi connectivity index (χ1n) is 4.99. The summed E-state index contributed by atoms with van der Waals surface area (Å²) in [5.74, 6) is -1.04. The van der Waals surface area contributed by atoms with Crippen LogP contribution in [0.1, 0.15) is 5.69 Å². The topological polar surface area (TPSA) is 85.1 Å². The molecule has 0 amide bonds. The summed E-state index contributed by atoms with van der Waals surface area (Å²) in [6.45, 7) is 1.71. The molecule has 0 aliphatic heterocycles. The lowest BCUT2D eigenvalue weighted by Gasteiger charge is -2.08. The number of nitrogens with zero attached hydrogens (tertiary/aromatic N) is 1. The summed E-state index contributed by atoms with van der Waals surface area (Å²) in [5.41, 5.74) is 6.18. The van der Waals surface area contributed by atoms with E-state index in [1.807, 2.05) is 0 Å². The van der Waals surface area contributed by atoms with E-state index in [0.29, 0.717) is 5.69 Å². The molecular formula is C10H9ClFN3O2S2. The molecule has 0 aliphatic carbocycles. The Kier molecular flexibility index (Phi) is 3.66. The Labute approximate surface area is 118 Å². The van der Waals surface area contributed by atoms with E-state index >= 15 is 0 Å². The van der Waals surface area contributed by atoms with Crippen molar-refractivity contribution in [2.45, 2.75) is 11.8 Å². The lowest BCUT2D eigenvalue weighted by atomic mass is 10.3. The molecule has 0 bridgehead atoms. The van der Waals surface area contributed by atoms with Gasteiger partial charge in [0.05, 0.1) is 10.7 Å². The maximum atomic E-state index is 13.8. The van der Waals surface area contributed by atoms with Gasteiger partial charge in [-0.1, -0.05) is 11.6 Å². The molecule has 0 spiro atoms. The lowest BCUT2D eigenvalue weighted by Crippen LogP contribution is -2.15. The number of anilines is 2. The Morgan fingerprint density at radius 1 is 1.47 bits per heavy atom. The maximum Gasteiger partial charge on any atom is 0.266 e. The summed E-state index contributed by atoms with van der Waals surface area (Å²) in [6, 6.07) is 2.15. The number of sulfonamides is 1. The minimum Gasteiger partial charge on any atom is -0.399 e. The zero-order valence-electron chi connectivity index (χ0n) is 9.65. The first kappa shape index (κ1) is 14.0. The predicted molar refractivity (Wildman–Crippen MR) is 73.5 cm³/mol. The quantitative estimate of drug-likeness (QED) is 0.851. The zero-order valence-corrected chi connectivity index (χ0v) is 12.0. The number of hydrogen-bond donors (Lipinski definition) is 2. The third-order valence-electron chi connectivity index (χ3n) is 2.15. The Morgan fingerprint density at radius 2 is 2.16 bits per heavy atom. The van der Waals surface area contributed by atoms with Crippen molar-refractivity contribution in [1.29, 1.82) is 0 Å². The molecule has 0 aliphatic rings. The highest BCUT2D eigenvalue weighted by Crippen LogP contribution is 2.27. The fourth-order valence-electron chi connectivity index (χ4n) is 1.35. The molecule has 0 saturated heterocycles. The molecule has 19 heavy (non-hydrogen) atoms. The first-order valence-corrected chi connectivity index (χ1v) is 7.73. The summed E-state index contributed by atoms with van der Waals surface area (Å²) in [4.78, 5) is 3.33. The molecular weight excluding hydrogens is 313 g/mol. The van der Waals surface area contributed by atoms with Crippen LogP contribution >= 0.6 is 22.9 Å². The van der Waals surface area contributed by atoms with Gasteiger partial charge in [0.1, 0.15) is 4.90 Å². The van der Waals surface area contributed by atoms with Crippen molar-refractivity contribution < 1.29 is 12.8 Å². The van der Waals surface area contributed by atoms with Gasteiger partial charge in [-0.25, -0.2) is 17.8 Å². The summed E-state index contributed by atoms with van der Waals surface area (Å²) >= 11 is 6.67. The molecule has 0 atom stereocenters. The van der Waals surface area contributed by atoms with Gasteiger partial charge in [-0.3, -0.25) is 4.72 Å². The monoisotopic (exact) mass is 321 g/mol. The number of aromatic nitrogens is 1. The van der Waals surface area contributed by atoms with Crippen LogP contribution in [0.3, 0.4) is 0 Å². The van der Waals surface area contributed by atoms with Crippen LogP contribution in [0.2, 0.25) is 5.02 Å². The number of thiazole rings is 1. The van der Waals surface area contributed by atoms with Crippen LogP contribution in [-0.2, 0) is 10.0 Å². The highest BCUT2D eigenvalue weighted by Gasteiger charge is 2.23. The van der Waals surface area contributed by atoms with E-state index in [-0.39, 0.29) is 15.8 Å². The van der Waals surface area contributed by atoms with Crippen molar-refractivity contribution in [3.63, 3.8) is 0 Å². The largest absolute Gasteiger partial charge is 0.399 e. The predicted octanol–water partition coefficient (Wildman–Crippen LogP) is 2.63. The zero-order chi connectivity index (χ0) is 14.2. The van der Waals surface area contributed by atoms with Gasteiger partial charge in [0, 0.05) is 11.1 Å². The van der Waals surface area contributed by atoms with Crippen molar-refractivity contribution in [3.8, 4) is 0 Å². The van der Waals surface area contributed by atoms with Crippen LogP contribution in [0.4, 0.5) is 15.2 Å². The third kappa shape index (κ3) is 2.96. The van der Waals surface area contributed by atoms with Gasteiger partial charge in [0.15, 0.2) is 10.9 Å². The summed E-state index contributed by atoms with van der Waals surface area (Å²) in [7, 11) is -4.12. The van der Waals surface area contributed by atoms with Gasteiger partial charge < -0.3 is 5.73 Å². The minimum absolute atomic E-state index is 0.0575. The third-order valence-corrected chi connectivity index (χ3v) is 4.77. The van der Waals surface area contributed by atoms with Crippen LogP contribution in [0.25, 0.3) is 0 Å². The average Bonchev–Trinajstić information content (AvgIpc) is 2.68. The highest BCUT2D eigenvalue weighted by atomic mass is 35.5. The summed E-state index contributed by atoms with van der Waals surface area (Å²) in [5, 5.41) is 1.46. The number of hydrogen-bond acceptors (Lipinski definition) is 5. The van der Waals surface area contributed by atoms with E-state index in [4.69, 9.17) is 17.3 Å². The minimum atomic E-state index is -4.12. The van der Waals surface area contributed by atoms with E-state index in [1.165, 1.54) is 0 Å². The second-order valence-corrected chi connectivity index (χ2v) is 6.63. The van der Waals surface area contributed by atoms with Gasteiger partial charge in [0.25, 0.3) is 10.0 Å². The number of rotatable bonds is 3. The molecule has 5 nitrogen and oxygen atoms in total. The van der Waals surface area contributed by atoms with Crippen LogP contribution in [-0.4, -0.2) is 13.4 Å². The van der Waals surface area contributed by atoms with E-state index < -0.39 is 20.7 Å². The molecule has 2 rings (SSSR count).